The van der Waals surface area contributed by atoms with Gasteiger partial charge in [0.2, 0.25) is 5.95 Å². The number of aromatic nitrogens is 3. The van der Waals surface area contributed by atoms with Gasteiger partial charge in [-0.2, -0.15) is 0 Å². The van der Waals surface area contributed by atoms with Crippen LogP contribution in [0.4, 0.5) is 17.3 Å². The van der Waals surface area contributed by atoms with Crippen molar-refractivity contribution < 1.29 is 14.2 Å². The lowest BCUT2D eigenvalue weighted by atomic mass is 10.1. The summed E-state index contributed by atoms with van der Waals surface area (Å²) in [5, 5.41) is 0. The highest BCUT2D eigenvalue weighted by Crippen LogP contribution is 2.49. The molecular weight excluding hydrogens is 454 g/mol. The molecule has 2 aliphatic rings. The maximum Gasteiger partial charge on any atom is 0.211 e. The molecule has 1 unspecified atom stereocenters. The van der Waals surface area contributed by atoms with Gasteiger partial charge in [0, 0.05) is 49.3 Å². The van der Waals surface area contributed by atoms with E-state index in [4.69, 9.17) is 19.2 Å². The zero-order valence-corrected chi connectivity index (χ0v) is 21.1. The molecule has 0 amide bonds. The molecule has 1 atom stereocenters. The number of hydrogen-bond acceptors (Lipinski definition) is 6. The van der Waals surface area contributed by atoms with Crippen molar-refractivity contribution in [1.29, 1.82) is 0 Å². The number of anilines is 1. The maximum atomic E-state index is 5.96. The molecule has 8 nitrogen and oxygen atoms in total. The summed E-state index contributed by atoms with van der Waals surface area (Å²) < 4.78 is 19.8. The van der Waals surface area contributed by atoms with Gasteiger partial charge in [0.15, 0.2) is 17.1 Å². The average Bonchev–Trinajstić information content (AvgIpc) is 3.49. The van der Waals surface area contributed by atoms with E-state index < -0.39 is 0 Å². The van der Waals surface area contributed by atoms with Gasteiger partial charge < -0.3 is 19.1 Å². The second kappa shape index (κ2) is 8.65. The highest BCUT2D eigenvalue weighted by molar-refractivity contribution is 5.87. The summed E-state index contributed by atoms with van der Waals surface area (Å²) in [5.41, 5.74) is 7.10. The Balaban J connectivity index is 1.48. The number of imidazole rings is 1. The fourth-order valence-electron chi connectivity index (χ4n) is 5.37. The minimum atomic E-state index is 0.486. The lowest BCUT2D eigenvalue weighted by Crippen LogP contribution is -2.37. The predicted octanol–water partition coefficient (Wildman–Crippen LogP) is 4.81. The van der Waals surface area contributed by atoms with E-state index >= 15 is 0 Å². The van der Waals surface area contributed by atoms with Crippen molar-refractivity contribution >= 4 is 28.9 Å². The van der Waals surface area contributed by atoms with Crippen LogP contribution in [0, 0.1) is 6.92 Å². The van der Waals surface area contributed by atoms with Gasteiger partial charge in [-0.3, -0.25) is 9.38 Å². The van der Waals surface area contributed by atoms with Crippen molar-refractivity contribution in [2.75, 3.05) is 52.5 Å². The van der Waals surface area contributed by atoms with E-state index in [1.54, 1.807) is 14.2 Å². The minimum Gasteiger partial charge on any atom is -0.496 e. The molecule has 2 aromatic heterocycles. The molecule has 36 heavy (non-hydrogen) atoms. The van der Waals surface area contributed by atoms with E-state index in [0.29, 0.717) is 17.7 Å². The third-order valence-corrected chi connectivity index (χ3v) is 7.27. The first-order valence-corrected chi connectivity index (χ1v) is 12.1. The Hall–Kier alpha value is -3.88. The topological polar surface area (TPSA) is 61.1 Å². The van der Waals surface area contributed by atoms with Crippen LogP contribution in [0.5, 0.6) is 11.5 Å². The van der Waals surface area contributed by atoms with Crippen molar-refractivity contribution in [3.05, 3.63) is 66.2 Å². The van der Waals surface area contributed by atoms with Gasteiger partial charge in [-0.05, 0) is 25.1 Å². The fraction of sp³-hybridized carbons (Fsp3) is 0.286. The SMILES string of the molecule is COc1cc(-c2nc(N3CCOCC3)n3ccnc(C)c23)ccc1[N+]1(C)C=Cc2c(OC)cccc21. The van der Waals surface area contributed by atoms with E-state index in [-0.39, 0.29) is 0 Å². The number of morpholine rings is 1. The van der Waals surface area contributed by atoms with Crippen LogP contribution in [-0.4, -0.2) is 61.9 Å². The van der Waals surface area contributed by atoms with Crippen LogP contribution in [0.25, 0.3) is 22.9 Å². The molecule has 6 rings (SSSR count). The van der Waals surface area contributed by atoms with Crippen LogP contribution in [0.3, 0.4) is 0 Å². The number of quaternary nitrogens is 1. The zero-order valence-electron chi connectivity index (χ0n) is 21.1. The summed E-state index contributed by atoms with van der Waals surface area (Å²) in [6, 6.07) is 12.5. The molecule has 0 aliphatic carbocycles. The Morgan fingerprint density at radius 1 is 1.00 bits per heavy atom. The molecule has 184 valence electrons. The van der Waals surface area contributed by atoms with Crippen LogP contribution in [0.2, 0.25) is 0 Å². The van der Waals surface area contributed by atoms with E-state index in [0.717, 1.165) is 69.9 Å². The molecule has 0 radical (unpaired) electrons. The summed E-state index contributed by atoms with van der Waals surface area (Å²) >= 11 is 0. The normalized spacial score (nSPS) is 19.1. The summed E-state index contributed by atoms with van der Waals surface area (Å²) in [5.74, 6) is 2.58. The van der Waals surface area contributed by atoms with Crippen molar-refractivity contribution in [2.24, 2.45) is 0 Å². The van der Waals surface area contributed by atoms with E-state index in [1.165, 1.54) is 0 Å². The Kier molecular flexibility index (Phi) is 5.43. The molecule has 0 spiro atoms. The quantitative estimate of drug-likeness (QED) is 0.379. The second-order valence-electron chi connectivity index (χ2n) is 9.26. The first-order valence-electron chi connectivity index (χ1n) is 12.1. The second-order valence-corrected chi connectivity index (χ2v) is 9.26. The molecule has 4 heterocycles. The number of ether oxygens (including phenoxy) is 3. The van der Waals surface area contributed by atoms with Crippen LogP contribution < -0.4 is 18.9 Å². The van der Waals surface area contributed by atoms with Gasteiger partial charge in [0.1, 0.15) is 17.6 Å². The first kappa shape index (κ1) is 22.6. The number of benzene rings is 2. The summed E-state index contributed by atoms with van der Waals surface area (Å²) in [6.07, 6.45) is 8.11. The van der Waals surface area contributed by atoms with Crippen LogP contribution in [0.1, 0.15) is 11.3 Å². The molecule has 2 aliphatic heterocycles. The summed E-state index contributed by atoms with van der Waals surface area (Å²) in [4.78, 5) is 12.0. The van der Waals surface area contributed by atoms with Crippen molar-refractivity contribution in [3.8, 4) is 22.8 Å². The Bertz CT molecular complexity index is 1490. The fourth-order valence-corrected chi connectivity index (χ4v) is 5.37. The van der Waals surface area contributed by atoms with Gasteiger partial charge in [-0.25, -0.2) is 9.47 Å². The first-order chi connectivity index (χ1) is 17.5. The molecule has 1 saturated heterocycles. The number of fused-ring (bicyclic) bond motifs is 2. The van der Waals surface area contributed by atoms with Gasteiger partial charge >= 0.3 is 0 Å². The molecule has 0 N–H and O–H groups in total. The van der Waals surface area contributed by atoms with Gasteiger partial charge in [-0.1, -0.05) is 6.07 Å². The summed E-state index contributed by atoms with van der Waals surface area (Å²) in [6.45, 7) is 5.06. The molecule has 4 aromatic rings. The lowest BCUT2D eigenvalue weighted by molar-refractivity contribution is 0.122. The molecule has 8 heteroatoms. The van der Waals surface area contributed by atoms with Crippen molar-refractivity contribution in [2.45, 2.75) is 6.92 Å². The highest BCUT2D eigenvalue weighted by atomic mass is 16.5. The average molecular weight is 485 g/mol. The van der Waals surface area contributed by atoms with Gasteiger partial charge in [0.25, 0.3) is 0 Å². The number of hydrogen-bond donors (Lipinski definition) is 0. The lowest BCUT2D eigenvalue weighted by Gasteiger charge is -2.28. The van der Waals surface area contributed by atoms with Crippen LogP contribution >= 0.6 is 0 Å². The maximum absolute atomic E-state index is 5.96. The zero-order chi connectivity index (χ0) is 24.9. The van der Waals surface area contributed by atoms with Crippen LogP contribution in [0.15, 0.2) is 55.0 Å². The van der Waals surface area contributed by atoms with Crippen molar-refractivity contribution in [3.63, 3.8) is 0 Å². The van der Waals surface area contributed by atoms with Gasteiger partial charge in [-0.15, -0.1) is 0 Å². The minimum absolute atomic E-state index is 0.486. The standard InChI is InChI=1S/C28H30N5O3/c1-19-27-26(30-28(32(27)12-11-29-19)31-13-16-36-17-14-31)20-8-9-23(25(18-20)35-4)33(2)15-10-21-22(33)6-5-7-24(21)34-3/h5-12,15,18H,13-14,16-17H2,1-4H3/q+1. The molecule has 2 aromatic carbocycles. The van der Waals surface area contributed by atoms with E-state index in [9.17, 15) is 0 Å². The summed E-state index contributed by atoms with van der Waals surface area (Å²) in [7, 11) is 5.59. The number of rotatable bonds is 5. The van der Waals surface area contributed by atoms with Crippen molar-refractivity contribution in [1.82, 2.24) is 18.9 Å². The number of methoxy groups -OCH3 is 2. The number of nitrogens with zero attached hydrogens (tertiary/aromatic N) is 5. The van der Waals surface area contributed by atoms with E-state index in [1.807, 2.05) is 31.5 Å². The smallest absolute Gasteiger partial charge is 0.211 e. The third-order valence-electron chi connectivity index (χ3n) is 7.27. The molecule has 0 saturated carbocycles. The molecule has 1 fully saturated rings. The Morgan fingerprint density at radius 3 is 2.58 bits per heavy atom. The van der Waals surface area contributed by atoms with E-state index in [2.05, 4.69) is 57.9 Å². The Labute approximate surface area is 210 Å². The van der Waals surface area contributed by atoms with Crippen LogP contribution in [-0.2, 0) is 4.74 Å². The Morgan fingerprint density at radius 2 is 1.81 bits per heavy atom. The highest BCUT2D eigenvalue weighted by Gasteiger charge is 2.37. The molecular formula is C28H30N5O3+. The van der Waals surface area contributed by atoms with Gasteiger partial charge in [0.05, 0.1) is 51.3 Å². The predicted molar refractivity (Wildman–Crippen MR) is 142 cm³/mol. The monoisotopic (exact) mass is 484 g/mol. The largest absolute Gasteiger partial charge is 0.496 e. The third kappa shape index (κ3) is 3.37. The molecule has 0 bridgehead atoms. The number of aryl methyl sites for hydroxylation is 1.